The second-order valence-corrected chi connectivity index (χ2v) is 6.52. The van der Waals surface area contributed by atoms with Crippen molar-refractivity contribution in [1.29, 1.82) is 0 Å². The highest BCUT2D eigenvalue weighted by atomic mass is 19.4. The molecule has 5 N–H and O–H groups in total. The molecule has 1 heterocycles. The zero-order valence-electron chi connectivity index (χ0n) is 16.9. The maximum absolute atomic E-state index is 12.9. The first kappa shape index (κ1) is 23.8. The van der Waals surface area contributed by atoms with Gasteiger partial charge in [-0.3, -0.25) is 0 Å². The molecule has 0 spiro atoms. The molecule has 0 aliphatic rings. The minimum Gasteiger partial charge on any atom is -0.507 e. The molecular formula is C21H15F3N4O6. The van der Waals surface area contributed by atoms with Crippen LogP contribution in [0.3, 0.4) is 0 Å². The van der Waals surface area contributed by atoms with E-state index < -0.39 is 35.6 Å². The van der Waals surface area contributed by atoms with Crippen molar-refractivity contribution in [1.82, 2.24) is 4.98 Å². The van der Waals surface area contributed by atoms with E-state index in [1.165, 1.54) is 42.6 Å². The van der Waals surface area contributed by atoms with Gasteiger partial charge in [0.2, 0.25) is 0 Å². The average Bonchev–Trinajstić information content (AvgIpc) is 2.75. The molecule has 0 atom stereocenters. The van der Waals surface area contributed by atoms with E-state index in [1.54, 1.807) is 0 Å². The summed E-state index contributed by atoms with van der Waals surface area (Å²) in [5.74, 6) is -1.52. The topological polar surface area (TPSA) is 153 Å². The van der Waals surface area contributed by atoms with Crippen LogP contribution >= 0.6 is 0 Å². The first-order valence-corrected chi connectivity index (χ1v) is 9.25. The molecule has 3 amide bonds. The van der Waals surface area contributed by atoms with Gasteiger partial charge >= 0.3 is 24.3 Å². The fraction of sp³-hybridized carbons (Fsp3) is 0.0476. The minimum atomic E-state index is -4.79. The second kappa shape index (κ2) is 9.77. The lowest BCUT2D eigenvalue weighted by Gasteiger charge is -2.12. The van der Waals surface area contributed by atoms with Gasteiger partial charge < -0.3 is 30.9 Å². The molecule has 13 heteroatoms. The van der Waals surface area contributed by atoms with E-state index in [0.717, 1.165) is 12.1 Å². The van der Waals surface area contributed by atoms with Crippen LogP contribution in [0.1, 0.15) is 16.1 Å². The van der Waals surface area contributed by atoms with Gasteiger partial charge in [0, 0.05) is 23.6 Å². The quantitative estimate of drug-likeness (QED) is 0.241. The number of aromatic hydroxyl groups is 1. The number of urea groups is 1. The minimum absolute atomic E-state index is 0.175. The summed E-state index contributed by atoms with van der Waals surface area (Å²) in [6.07, 6.45) is -4.82. The zero-order valence-corrected chi connectivity index (χ0v) is 16.9. The van der Waals surface area contributed by atoms with Crippen LogP contribution in [0.25, 0.3) is 0 Å². The third kappa shape index (κ3) is 6.35. The first-order valence-electron chi connectivity index (χ1n) is 9.25. The Labute approximate surface area is 189 Å². The number of alkyl halides is 3. The number of nitrogens with zero attached hydrogens (tertiary/aromatic N) is 1. The molecule has 34 heavy (non-hydrogen) atoms. The van der Waals surface area contributed by atoms with Crippen molar-refractivity contribution < 1.29 is 42.1 Å². The van der Waals surface area contributed by atoms with Crippen LogP contribution in [0.15, 0.2) is 60.8 Å². The number of amides is 3. The molecule has 10 nitrogen and oxygen atoms in total. The van der Waals surface area contributed by atoms with Gasteiger partial charge in [0.1, 0.15) is 17.2 Å². The molecule has 176 valence electrons. The normalized spacial score (nSPS) is 10.8. The summed E-state index contributed by atoms with van der Waals surface area (Å²) in [6.45, 7) is 0. The lowest BCUT2D eigenvalue weighted by molar-refractivity contribution is -0.138. The summed E-state index contributed by atoms with van der Waals surface area (Å²) < 4.78 is 48.4. The Kier molecular flexibility index (Phi) is 6.85. The highest BCUT2D eigenvalue weighted by molar-refractivity contribution is 6.00. The number of nitrogens with two attached hydrogens (primary N) is 1. The summed E-state index contributed by atoms with van der Waals surface area (Å²) in [5, 5.41) is 14.0. The molecule has 1 aromatic heterocycles. The van der Waals surface area contributed by atoms with Crippen molar-refractivity contribution in [3.8, 4) is 17.2 Å². The SMILES string of the molecule is NC(=O)OC(=O)c1cc(Oc2ccc(NC(=O)Nc3ccc(O)c(C(F)(F)F)c3)cc2)ccn1. The average molecular weight is 476 g/mol. The first-order chi connectivity index (χ1) is 16.0. The van der Waals surface area contributed by atoms with E-state index in [0.29, 0.717) is 17.5 Å². The molecule has 0 bridgehead atoms. The standard InChI is InChI=1S/C21H15F3N4O6/c22-21(23,24)15-9-12(3-6-17(15)29)28-20(32)27-11-1-4-13(5-2-11)33-14-7-8-26-16(10-14)18(30)34-19(25)31/h1-10,29H,(H2,25,31)(H2,27,28,32). The number of primary amides is 1. The van der Waals surface area contributed by atoms with Crippen LogP contribution in [0, 0.1) is 0 Å². The number of pyridine rings is 1. The molecule has 0 saturated carbocycles. The Bertz CT molecular complexity index is 1230. The van der Waals surface area contributed by atoms with E-state index in [4.69, 9.17) is 10.5 Å². The van der Waals surface area contributed by atoms with Crippen LogP contribution in [-0.2, 0) is 10.9 Å². The Balaban J connectivity index is 1.62. The number of benzene rings is 2. The largest absolute Gasteiger partial charge is 0.507 e. The summed E-state index contributed by atoms with van der Waals surface area (Å²) in [7, 11) is 0. The number of phenols is 1. The molecule has 3 rings (SSSR count). The Morgan fingerprint density at radius 3 is 2.21 bits per heavy atom. The highest BCUT2D eigenvalue weighted by Crippen LogP contribution is 2.37. The van der Waals surface area contributed by atoms with Crippen LogP contribution in [-0.4, -0.2) is 28.2 Å². The molecule has 2 aromatic carbocycles. The van der Waals surface area contributed by atoms with Gasteiger partial charge in [-0.05, 0) is 48.5 Å². The van der Waals surface area contributed by atoms with Gasteiger partial charge in [-0.15, -0.1) is 0 Å². The van der Waals surface area contributed by atoms with Crippen molar-refractivity contribution >= 4 is 29.5 Å². The highest BCUT2D eigenvalue weighted by Gasteiger charge is 2.34. The number of phenolic OH excluding ortho intramolecular Hbond substituents is 1. The van der Waals surface area contributed by atoms with Crippen LogP contribution in [0.5, 0.6) is 17.2 Å². The molecule has 3 aromatic rings. The molecule has 0 radical (unpaired) electrons. The van der Waals surface area contributed by atoms with E-state index >= 15 is 0 Å². The molecule has 0 fully saturated rings. The number of hydrogen-bond donors (Lipinski definition) is 4. The van der Waals surface area contributed by atoms with Gasteiger partial charge in [0.05, 0.1) is 5.56 Å². The number of carbonyl (C=O) groups is 3. The lowest BCUT2D eigenvalue weighted by atomic mass is 10.1. The summed E-state index contributed by atoms with van der Waals surface area (Å²) in [4.78, 5) is 38.2. The molecular weight excluding hydrogens is 461 g/mol. The van der Waals surface area contributed by atoms with Gasteiger partial charge in [0.15, 0.2) is 5.69 Å². The Morgan fingerprint density at radius 1 is 0.912 bits per heavy atom. The summed E-state index contributed by atoms with van der Waals surface area (Å²) in [6, 6.07) is 10.2. The molecule has 0 saturated heterocycles. The van der Waals surface area contributed by atoms with E-state index in [2.05, 4.69) is 20.4 Å². The van der Waals surface area contributed by atoms with E-state index in [1.807, 2.05) is 0 Å². The predicted molar refractivity (Wildman–Crippen MR) is 112 cm³/mol. The number of rotatable bonds is 5. The van der Waals surface area contributed by atoms with Gasteiger partial charge in [-0.25, -0.2) is 19.4 Å². The Hall–Kier alpha value is -4.81. The fourth-order valence-electron chi connectivity index (χ4n) is 2.61. The number of anilines is 2. The zero-order chi connectivity index (χ0) is 24.9. The molecule has 0 aliphatic heterocycles. The fourth-order valence-corrected chi connectivity index (χ4v) is 2.61. The van der Waals surface area contributed by atoms with E-state index in [-0.39, 0.29) is 17.1 Å². The lowest BCUT2D eigenvalue weighted by Crippen LogP contribution is -2.19. The number of hydrogen-bond acceptors (Lipinski definition) is 7. The Morgan fingerprint density at radius 2 is 1.56 bits per heavy atom. The summed E-state index contributed by atoms with van der Waals surface area (Å²) >= 11 is 0. The number of aromatic nitrogens is 1. The second-order valence-electron chi connectivity index (χ2n) is 6.52. The van der Waals surface area contributed by atoms with Crippen molar-refractivity contribution in [3.63, 3.8) is 0 Å². The smallest absolute Gasteiger partial charge is 0.420 e. The van der Waals surface area contributed by atoms with Crippen molar-refractivity contribution in [3.05, 3.63) is 72.1 Å². The van der Waals surface area contributed by atoms with Crippen LogP contribution in [0.2, 0.25) is 0 Å². The molecule has 0 unspecified atom stereocenters. The van der Waals surface area contributed by atoms with Crippen molar-refractivity contribution in [2.45, 2.75) is 6.18 Å². The van der Waals surface area contributed by atoms with Gasteiger partial charge in [-0.2, -0.15) is 13.2 Å². The third-order valence-electron chi connectivity index (χ3n) is 4.04. The van der Waals surface area contributed by atoms with Crippen LogP contribution in [0.4, 0.5) is 34.1 Å². The maximum Gasteiger partial charge on any atom is 0.420 e. The number of esters is 1. The maximum atomic E-state index is 12.9. The number of halogens is 3. The monoisotopic (exact) mass is 476 g/mol. The van der Waals surface area contributed by atoms with Crippen molar-refractivity contribution in [2.75, 3.05) is 10.6 Å². The predicted octanol–water partition coefficient (Wildman–Crippen LogP) is 4.48. The third-order valence-corrected chi connectivity index (χ3v) is 4.04. The number of nitrogens with one attached hydrogen (secondary N) is 2. The van der Waals surface area contributed by atoms with Crippen LogP contribution < -0.4 is 21.1 Å². The summed E-state index contributed by atoms with van der Waals surface area (Å²) in [5.41, 5.74) is 3.40. The van der Waals surface area contributed by atoms with E-state index in [9.17, 15) is 32.7 Å². The number of ether oxygens (including phenoxy) is 2. The number of carbonyl (C=O) groups excluding carboxylic acids is 3. The van der Waals surface area contributed by atoms with Gasteiger partial charge in [0.25, 0.3) is 0 Å². The van der Waals surface area contributed by atoms with Crippen molar-refractivity contribution in [2.24, 2.45) is 5.73 Å². The van der Waals surface area contributed by atoms with Gasteiger partial charge in [-0.1, -0.05) is 0 Å². The molecule has 0 aliphatic carbocycles.